The summed E-state index contributed by atoms with van der Waals surface area (Å²) < 4.78 is 5.34. The van der Waals surface area contributed by atoms with Gasteiger partial charge in [0.05, 0.1) is 0 Å². The number of benzene rings is 2. The zero-order chi connectivity index (χ0) is 18.8. The van der Waals surface area contributed by atoms with Crippen molar-refractivity contribution in [1.82, 2.24) is 10.2 Å². The molecule has 0 spiro atoms. The summed E-state index contributed by atoms with van der Waals surface area (Å²) in [7, 11) is 0. The maximum Gasteiger partial charge on any atom is 0.336 e. The topological polar surface area (TPSA) is 45.5 Å². The quantitative estimate of drug-likeness (QED) is 0.674. The summed E-state index contributed by atoms with van der Waals surface area (Å²) in [5, 5.41) is 5.19. The number of nitrogens with one attached hydrogen (secondary N) is 1. The molecular formula is C22H23ClN2O2. The van der Waals surface area contributed by atoms with Crippen LogP contribution < -0.4 is 10.9 Å². The SMILES string of the molecule is Cc1cc2oc(=O)cc(CN[C@H]3CCN(Cc4ccccc4)C3)c2cc1Cl. The van der Waals surface area contributed by atoms with E-state index < -0.39 is 0 Å². The number of likely N-dealkylation sites (tertiary alicyclic amines) is 1. The van der Waals surface area contributed by atoms with Crippen molar-refractivity contribution < 1.29 is 4.42 Å². The molecule has 1 aliphatic rings. The summed E-state index contributed by atoms with van der Waals surface area (Å²) in [5.41, 5.74) is 3.46. The number of nitrogens with zero attached hydrogens (tertiary/aromatic N) is 1. The van der Waals surface area contributed by atoms with Gasteiger partial charge in [0.25, 0.3) is 0 Å². The fourth-order valence-electron chi connectivity index (χ4n) is 3.73. The lowest BCUT2D eigenvalue weighted by atomic mass is 10.1. The summed E-state index contributed by atoms with van der Waals surface area (Å²) in [5.74, 6) is 0. The number of aryl methyl sites for hydroxylation is 1. The van der Waals surface area contributed by atoms with E-state index in [1.807, 2.05) is 25.1 Å². The van der Waals surface area contributed by atoms with E-state index in [4.69, 9.17) is 16.0 Å². The minimum absolute atomic E-state index is 0.321. The molecule has 4 rings (SSSR count). The molecule has 140 valence electrons. The predicted molar refractivity (Wildman–Crippen MR) is 109 cm³/mol. The third kappa shape index (κ3) is 4.24. The average molecular weight is 383 g/mol. The van der Waals surface area contributed by atoms with Gasteiger partial charge >= 0.3 is 5.63 Å². The second kappa shape index (κ2) is 7.85. The van der Waals surface area contributed by atoms with Crippen LogP contribution in [0.15, 0.2) is 57.7 Å². The Bertz CT molecular complexity index is 1000. The zero-order valence-electron chi connectivity index (χ0n) is 15.4. The van der Waals surface area contributed by atoms with Crippen molar-refractivity contribution in [3.63, 3.8) is 0 Å². The van der Waals surface area contributed by atoms with Crippen LogP contribution >= 0.6 is 11.6 Å². The lowest BCUT2D eigenvalue weighted by Crippen LogP contribution is -2.32. The third-order valence-electron chi connectivity index (χ3n) is 5.21. The van der Waals surface area contributed by atoms with Gasteiger partial charge < -0.3 is 9.73 Å². The van der Waals surface area contributed by atoms with Crippen LogP contribution in [0.4, 0.5) is 0 Å². The summed E-state index contributed by atoms with van der Waals surface area (Å²) in [6.07, 6.45) is 1.10. The van der Waals surface area contributed by atoms with Crippen molar-refractivity contribution in [2.45, 2.75) is 32.5 Å². The Hall–Kier alpha value is -2.14. The predicted octanol–water partition coefficient (Wildman–Crippen LogP) is 4.12. The highest BCUT2D eigenvalue weighted by Crippen LogP contribution is 2.25. The van der Waals surface area contributed by atoms with E-state index in [-0.39, 0.29) is 5.63 Å². The number of rotatable bonds is 5. The molecule has 1 fully saturated rings. The maximum atomic E-state index is 11.9. The summed E-state index contributed by atoms with van der Waals surface area (Å²) in [6, 6.07) is 16.3. The summed E-state index contributed by atoms with van der Waals surface area (Å²) in [4.78, 5) is 14.4. The van der Waals surface area contributed by atoms with Gasteiger partial charge in [0.1, 0.15) is 5.58 Å². The fourth-order valence-corrected chi connectivity index (χ4v) is 3.90. The standard InChI is InChI=1S/C22H23ClN2O2/c1-15-9-21-19(11-20(15)23)17(10-22(26)27-21)12-24-18-7-8-25(14-18)13-16-5-3-2-4-6-16/h2-6,9-11,18,24H,7-8,12-14H2,1H3/t18-/m0/s1. The van der Waals surface area contributed by atoms with Crippen LogP contribution in [0, 0.1) is 6.92 Å². The minimum atomic E-state index is -0.321. The molecule has 2 heterocycles. The molecule has 2 aromatic carbocycles. The molecular weight excluding hydrogens is 360 g/mol. The van der Waals surface area contributed by atoms with E-state index in [0.717, 1.165) is 42.6 Å². The smallest absolute Gasteiger partial charge is 0.336 e. The molecule has 0 radical (unpaired) electrons. The molecule has 4 nitrogen and oxygen atoms in total. The van der Waals surface area contributed by atoms with Gasteiger partial charge in [-0.1, -0.05) is 41.9 Å². The summed E-state index contributed by atoms with van der Waals surface area (Å²) >= 11 is 6.28. The van der Waals surface area contributed by atoms with E-state index in [9.17, 15) is 4.79 Å². The first-order chi connectivity index (χ1) is 13.1. The van der Waals surface area contributed by atoms with E-state index >= 15 is 0 Å². The minimum Gasteiger partial charge on any atom is -0.423 e. The molecule has 1 saturated heterocycles. The molecule has 1 atom stereocenters. The Labute approximate surface area is 163 Å². The van der Waals surface area contributed by atoms with Gasteiger partial charge in [-0.15, -0.1) is 0 Å². The van der Waals surface area contributed by atoms with Crippen molar-refractivity contribution in [2.24, 2.45) is 0 Å². The number of hydrogen-bond donors (Lipinski definition) is 1. The molecule has 0 bridgehead atoms. The molecule has 27 heavy (non-hydrogen) atoms. The number of halogens is 1. The Balaban J connectivity index is 1.43. The molecule has 1 aromatic heterocycles. The monoisotopic (exact) mass is 382 g/mol. The van der Waals surface area contributed by atoms with Gasteiger partial charge in [-0.05, 0) is 42.2 Å². The summed E-state index contributed by atoms with van der Waals surface area (Å²) in [6.45, 7) is 5.60. The highest BCUT2D eigenvalue weighted by atomic mass is 35.5. The van der Waals surface area contributed by atoms with Crippen LogP contribution in [0.2, 0.25) is 5.02 Å². The van der Waals surface area contributed by atoms with Gasteiger partial charge in [-0.25, -0.2) is 4.79 Å². The Morgan fingerprint density at radius 3 is 2.85 bits per heavy atom. The van der Waals surface area contributed by atoms with Crippen molar-refractivity contribution in [3.05, 3.63) is 80.7 Å². The fraction of sp³-hybridized carbons (Fsp3) is 0.318. The van der Waals surface area contributed by atoms with E-state index in [1.54, 1.807) is 6.07 Å². The number of fused-ring (bicyclic) bond motifs is 1. The molecule has 1 aliphatic heterocycles. The van der Waals surface area contributed by atoms with Crippen molar-refractivity contribution in [3.8, 4) is 0 Å². The average Bonchev–Trinajstić information content (AvgIpc) is 3.09. The first-order valence-corrected chi connectivity index (χ1v) is 9.69. The van der Waals surface area contributed by atoms with Gasteiger partial charge in [0.15, 0.2) is 0 Å². The van der Waals surface area contributed by atoms with Crippen molar-refractivity contribution in [1.29, 1.82) is 0 Å². The molecule has 0 unspecified atom stereocenters. The highest BCUT2D eigenvalue weighted by molar-refractivity contribution is 6.32. The number of hydrogen-bond acceptors (Lipinski definition) is 4. The van der Waals surface area contributed by atoms with Crippen LogP contribution in [0.5, 0.6) is 0 Å². The van der Waals surface area contributed by atoms with Crippen molar-refractivity contribution in [2.75, 3.05) is 13.1 Å². The van der Waals surface area contributed by atoms with Gasteiger partial charge in [-0.2, -0.15) is 0 Å². The van der Waals surface area contributed by atoms with Crippen LogP contribution in [0.25, 0.3) is 11.0 Å². The lowest BCUT2D eigenvalue weighted by molar-refractivity contribution is 0.320. The largest absolute Gasteiger partial charge is 0.423 e. The van der Waals surface area contributed by atoms with Crippen LogP contribution in [0.3, 0.4) is 0 Å². The second-order valence-corrected chi connectivity index (χ2v) is 7.68. The highest BCUT2D eigenvalue weighted by Gasteiger charge is 2.22. The molecule has 0 aliphatic carbocycles. The Kier molecular flexibility index (Phi) is 5.30. The lowest BCUT2D eigenvalue weighted by Gasteiger charge is -2.17. The Morgan fingerprint density at radius 2 is 2.04 bits per heavy atom. The van der Waals surface area contributed by atoms with E-state index in [1.165, 1.54) is 5.56 Å². The molecule has 0 amide bonds. The van der Waals surface area contributed by atoms with Crippen LogP contribution in [-0.4, -0.2) is 24.0 Å². The third-order valence-corrected chi connectivity index (χ3v) is 5.62. The van der Waals surface area contributed by atoms with Crippen LogP contribution in [0.1, 0.15) is 23.1 Å². The van der Waals surface area contributed by atoms with Gasteiger partial charge in [0, 0.05) is 48.7 Å². The van der Waals surface area contributed by atoms with Crippen LogP contribution in [-0.2, 0) is 13.1 Å². The van der Waals surface area contributed by atoms with Crippen molar-refractivity contribution >= 4 is 22.6 Å². The second-order valence-electron chi connectivity index (χ2n) is 7.28. The van der Waals surface area contributed by atoms with E-state index in [2.05, 4.69) is 34.5 Å². The zero-order valence-corrected chi connectivity index (χ0v) is 16.1. The molecule has 0 saturated carbocycles. The maximum absolute atomic E-state index is 11.9. The molecule has 3 aromatic rings. The Morgan fingerprint density at radius 1 is 1.22 bits per heavy atom. The normalized spacial score (nSPS) is 17.6. The molecule has 1 N–H and O–H groups in total. The first-order valence-electron chi connectivity index (χ1n) is 9.31. The van der Waals surface area contributed by atoms with Gasteiger partial charge in [0.2, 0.25) is 0 Å². The van der Waals surface area contributed by atoms with E-state index in [0.29, 0.717) is 23.2 Å². The van der Waals surface area contributed by atoms with Gasteiger partial charge in [-0.3, -0.25) is 4.90 Å². The first kappa shape index (κ1) is 18.2. The molecule has 5 heteroatoms.